The first-order valence-corrected chi connectivity index (χ1v) is 5.57. The number of carboxylic acids is 1. The van der Waals surface area contributed by atoms with Crippen molar-refractivity contribution in [2.45, 2.75) is 32.7 Å². The van der Waals surface area contributed by atoms with Crippen molar-refractivity contribution in [3.63, 3.8) is 0 Å². The molecule has 0 atom stereocenters. The minimum absolute atomic E-state index is 0.210. The van der Waals surface area contributed by atoms with Crippen LogP contribution in [0.2, 0.25) is 0 Å². The summed E-state index contributed by atoms with van der Waals surface area (Å²) >= 11 is 0. The molecule has 0 aliphatic rings. The lowest BCUT2D eigenvalue weighted by atomic mass is 10.0. The molecule has 2 N–H and O–H groups in total. The standard InChI is InChI=1S/C12H16N2O4/c1-4-12(2,3)13-8-5-6-9(11(15)16)10(7-8)14(17)18/h5-7,13H,4H2,1-3H3,(H,15,16). The minimum atomic E-state index is -1.30. The predicted octanol–water partition coefficient (Wildman–Crippen LogP) is 2.89. The Hall–Kier alpha value is -2.11. The van der Waals surface area contributed by atoms with Gasteiger partial charge in [-0.3, -0.25) is 10.1 Å². The largest absolute Gasteiger partial charge is 0.477 e. The molecule has 0 bridgehead atoms. The smallest absolute Gasteiger partial charge is 0.342 e. The maximum atomic E-state index is 10.9. The van der Waals surface area contributed by atoms with Crippen LogP contribution in [0.1, 0.15) is 37.6 Å². The normalized spacial score (nSPS) is 11.1. The molecule has 0 heterocycles. The van der Waals surface area contributed by atoms with Gasteiger partial charge in [0.25, 0.3) is 5.69 Å². The molecule has 0 saturated heterocycles. The van der Waals surface area contributed by atoms with E-state index >= 15 is 0 Å². The van der Waals surface area contributed by atoms with Crippen molar-refractivity contribution in [1.82, 2.24) is 0 Å². The fourth-order valence-electron chi connectivity index (χ4n) is 1.42. The van der Waals surface area contributed by atoms with Gasteiger partial charge in [0, 0.05) is 17.3 Å². The third-order valence-electron chi connectivity index (χ3n) is 2.79. The monoisotopic (exact) mass is 252 g/mol. The van der Waals surface area contributed by atoms with Crippen molar-refractivity contribution < 1.29 is 14.8 Å². The number of hydrogen-bond donors (Lipinski definition) is 2. The zero-order valence-electron chi connectivity index (χ0n) is 10.6. The summed E-state index contributed by atoms with van der Waals surface area (Å²) in [6.07, 6.45) is 0.835. The second-order valence-electron chi connectivity index (χ2n) is 4.66. The summed E-state index contributed by atoms with van der Waals surface area (Å²) in [5.41, 5.74) is -0.378. The van der Waals surface area contributed by atoms with E-state index < -0.39 is 16.6 Å². The van der Waals surface area contributed by atoms with Crippen LogP contribution in [0, 0.1) is 10.1 Å². The Morgan fingerprint density at radius 3 is 2.56 bits per heavy atom. The molecule has 98 valence electrons. The van der Waals surface area contributed by atoms with E-state index in [9.17, 15) is 14.9 Å². The van der Waals surface area contributed by atoms with Gasteiger partial charge in [-0.15, -0.1) is 0 Å². The Balaban J connectivity index is 3.16. The maximum Gasteiger partial charge on any atom is 0.342 e. The van der Waals surface area contributed by atoms with Gasteiger partial charge in [-0.1, -0.05) is 6.92 Å². The van der Waals surface area contributed by atoms with Crippen molar-refractivity contribution in [2.75, 3.05) is 5.32 Å². The zero-order chi connectivity index (χ0) is 13.9. The molecule has 1 rings (SSSR count). The van der Waals surface area contributed by atoms with E-state index in [1.165, 1.54) is 18.2 Å². The first-order valence-electron chi connectivity index (χ1n) is 5.57. The van der Waals surface area contributed by atoms with Crippen molar-refractivity contribution in [3.05, 3.63) is 33.9 Å². The van der Waals surface area contributed by atoms with Gasteiger partial charge in [0.2, 0.25) is 0 Å². The van der Waals surface area contributed by atoms with E-state index in [0.717, 1.165) is 6.42 Å². The van der Waals surface area contributed by atoms with Crippen LogP contribution >= 0.6 is 0 Å². The molecule has 1 aromatic carbocycles. The Bertz CT molecular complexity index is 483. The maximum absolute atomic E-state index is 10.9. The molecule has 0 aromatic heterocycles. The van der Waals surface area contributed by atoms with E-state index in [4.69, 9.17) is 5.11 Å². The minimum Gasteiger partial charge on any atom is -0.477 e. The number of hydrogen-bond acceptors (Lipinski definition) is 4. The highest BCUT2D eigenvalue weighted by Crippen LogP contribution is 2.26. The molecule has 0 radical (unpaired) electrons. The van der Waals surface area contributed by atoms with Gasteiger partial charge in [0.05, 0.1) is 4.92 Å². The molecule has 0 spiro atoms. The van der Waals surface area contributed by atoms with Crippen LogP contribution in [0.4, 0.5) is 11.4 Å². The Labute approximate surface area is 105 Å². The van der Waals surface area contributed by atoms with Gasteiger partial charge in [-0.05, 0) is 32.4 Å². The molecule has 0 aliphatic carbocycles. The van der Waals surface area contributed by atoms with Crippen LogP contribution in [0.15, 0.2) is 18.2 Å². The lowest BCUT2D eigenvalue weighted by molar-refractivity contribution is -0.385. The second-order valence-corrected chi connectivity index (χ2v) is 4.66. The summed E-state index contributed by atoms with van der Waals surface area (Å²) < 4.78 is 0. The van der Waals surface area contributed by atoms with Crippen molar-refractivity contribution in [2.24, 2.45) is 0 Å². The van der Waals surface area contributed by atoms with Gasteiger partial charge in [-0.2, -0.15) is 0 Å². The highest BCUT2D eigenvalue weighted by Gasteiger charge is 2.22. The number of anilines is 1. The summed E-state index contributed by atoms with van der Waals surface area (Å²) in [6.45, 7) is 5.92. The number of nitro benzene ring substituents is 1. The topological polar surface area (TPSA) is 92.5 Å². The number of nitrogens with one attached hydrogen (secondary N) is 1. The van der Waals surface area contributed by atoms with Gasteiger partial charge < -0.3 is 10.4 Å². The van der Waals surface area contributed by atoms with E-state index in [2.05, 4.69) is 5.32 Å². The Kier molecular flexibility index (Phi) is 3.90. The molecule has 0 amide bonds. The number of aromatic carboxylic acids is 1. The Morgan fingerprint density at radius 1 is 1.50 bits per heavy atom. The summed E-state index contributed by atoms with van der Waals surface area (Å²) in [5, 5.41) is 22.8. The molecule has 0 saturated carbocycles. The molecule has 18 heavy (non-hydrogen) atoms. The molecule has 6 nitrogen and oxygen atoms in total. The van der Waals surface area contributed by atoms with Crippen LogP contribution in [-0.2, 0) is 0 Å². The van der Waals surface area contributed by atoms with Crippen LogP contribution < -0.4 is 5.32 Å². The van der Waals surface area contributed by atoms with E-state index in [1.807, 2.05) is 20.8 Å². The average Bonchev–Trinajstić information content (AvgIpc) is 2.28. The number of carbonyl (C=O) groups is 1. The first-order chi connectivity index (χ1) is 8.26. The third kappa shape index (κ3) is 3.19. The van der Waals surface area contributed by atoms with E-state index in [1.54, 1.807) is 0 Å². The van der Waals surface area contributed by atoms with Crippen LogP contribution in [0.25, 0.3) is 0 Å². The fourth-order valence-corrected chi connectivity index (χ4v) is 1.42. The zero-order valence-corrected chi connectivity index (χ0v) is 10.6. The molecule has 1 aromatic rings. The molecule has 0 unspecified atom stereocenters. The SMILES string of the molecule is CCC(C)(C)Nc1ccc(C(=O)O)c([N+](=O)[O-])c1. The molecular formula is C12H16N2O4. The molecule has 0 fully saturated rings. The third-order valence-corrected chi connectivity index (χ3v) is 2.79. The fraction of sp³-hybridized carbons (Fsp3) is 0.417. The van der Waals surface area contributed by atoms with Crippen LogP contribution in [-0.4, -0.2) is 21.5 Å². The quantitative estimate of drug-likeness (QED) is 0.620. The number of carboxylic acid groups (broad SMARTS) is 1. The van der Waals surface area contributed by atoms with E-state index in [0.29, 0.717) is 5.69 Å². The number of nitro groups is 1. The van der Waals surface area contributed by atoms with Gasteiger partial charge in [0.1, 0.15) is 5.56 Å². The highest BCUT2D eigenvalue weighted by molar-refractivity contribution is 5.93. The Morgan fingerprint density at radius 2 is 2.11 bits per heavy atom. The summed E-state index contributed by atoms with van der Waals surface area (Å²) in [5.74, 6) is -1.30. The summed E-state index contributed by atoms with van der Waals surface area (Å²) in [7, 11) is 0. The number of nitrogens with zero attached hydrogens (tertiary/aromatic N) is 1. The van der Waals surface area contributed by atoms with Crippen LogP contribution in [0.5, 0.6) is 0 Å². The summed E-state index contributed by atoms with van der Waals surface area (Å²) in [6, 6.07) is 4.03. The lowest BCUT2D eigenvalue weighted by Gasteiger charge is -2.25. The first kappa shape index (κ1) is 14.0. The second kappa shape index (κ2) is 5.03. The van der Waals surface area contributed by atoms with Crippen molar-refractivity contribution in [3.8, 4) is 0 Å². The van der Waals surface area contributed by atoms with Gasteiger partial charge in [0.15, 0.2) is 0 Å². The van der Waals surface area contributed by atoms with Gasteiger partial charge in [-0.25, -0.2) is 4.79 Å². The van der Waals surface area contributed by atoms with Gasteiger partial charge >= 0.3 is 5.97 Å². The molecule has 0 aliphatic heterocycles. The van der Waals surface area contributed by atoms with E-state index in [-0.39, 0.29) is 11.1 Å². The van der Waals surface area contributed by atoms with Crippen LogP contribution in [0.3, 0.4) is 0 Å². The average molecular weight is 252 g/mol. The molecular weight excluding hydrogens is 236 g/mol. The van der Waals surface area contributed by atoms with Crippen molar-refractivity contribution in [1.29, 1.82) is 0 Å². The highest BCUT2D eigenvalue weighted by atomic mass is 16.6. The number of rotatable bonds is 5. The lowest BCUT2D eigenvalue weighted by Crippen LogP contribution is -2.29. The number of benzene rings is 1. The molecule has 6 heteroatoms. The summed E-state index contributed by atoms with van der Waals surface area (Å²) in [4.78, 5) is 21.0. The van der Waals surface area contributed by atoms with Crippen molar-refractivity contribution >= 4 is 17.3 Å². The predicted molar refractivity (Wildman–Crippen MR) is 68.0 cm³/mol.